The first-order valence-corrected chi connectivity index (χ1v) is 8.88. The normalized spacial score (nSPS) is 24.0. The molecule has 1 saturated carbocycles. The third kappa shape index (κ3) is 2.01. The van der Waals surface area contributed by atoms with E-state index >= 15 is 0 Å². The smallest absolute Gasteiger partial charge is 0.180 e. The fourth-order valence-corrected chi connectivity index (χ4v) is 4.29. The number of para-hydroxylation sites is 1. The molecular formula is C21H22N2O. The van der Waals surface area contributed by atoms with Gasteiger partial charge in [0.2, 0.25) is 0 Å². The molecule has 1 fully saturated rings. The standard InChI is InChI=1S/C21H22N2O/c1-15-8-10-16(11-9-15)18-14-19-17-6-2-3-7-20(17)24-21(23(19)22-18)12-4-5-13-21/h2-3,6-11,14,19,22H,4-5,12-13H2,1H3/t19-/m0/s1. The van der Waals surface area contributed by atoms with Gasteiger partial charge in [-0.25, -0.2) is 0 Å². The molecule has 3 nitrogen and oxygen atoms in total. The molecule has 3 aliphatic rings. The Labute approximate surface area is 142 Å². The predicted molar refractivity (Wildman–Crippen MR) is 95.1 cm³/mol. The highest BCUT2D eigenvalue weighted by Gasteiger charge is 2.51. The van der Waals surface area contributed by atoms with Crippen LogP contribution in [0, 0.1) is 6.92 Å². The van der Waals surface area contributed by atoms with Gasteiger partial charge in [0, 0.05) is 18.4 Å². The molecule has 2 heterocycles. The van der Waals surface area contributed by atoms with E-state index in [4.69, 9.17) is 4.74 Å². The van der Waals surface area contributed by atoms with Crippen molar-refractivity contribution in [3.05, 3.63) is 71.3 Å². The zero-order valence-corrected chi connectivity index (χ0v) is 14.0. The zero-order chi connectivity index (χ0) is 16.1. The number of benzene rings is 2. The number of aryl methyl sites for hydroxylation is 1. The van der Waals surface area contributed by atoms with E-state index in [0.29, 0.717) is 0 Å². The average Bonchev–Trinajstić information content (AvgIpc) is 3.24. The summed E-state index contributed by atoms with van der Waals surface area (Å²) in [7, 11) is 0. The van der Waals surface area contributed by atoms with Crippen LogP contribution >= 0.6 is 0 Å². The molecule has 0 saturated heterocycles. The highest BCUT2D eigenvalue weighted by molar-refractivity contribution is 5.67. The summed E-state index contributed by atoms with van der Waals surface area (Å²) in [6.45, 7) is 2.13. The van der Waals surface area contributed by atoms with Crippen molar-refractivity contribution in [1.82, 2.24) is 10.4 Å². The second-order valence-electron chi connectivity index (χ2n) is 7.17. The Morgan fingerprint density at radius 2 is 1.79 bits per heavy atom. The quantitative estimate of drug-likeness (QED) is 0.834. The van der Waals surface area contributed by atoms with Crippen LogP contribution < -0.4 is 10.2 Å². The van der Waals surface area contributed by atoms with Gasteiger partial charge in [0.25, 0.3) is 0 Å². The molecule has 1 atom stereocenters. The SMILES string of the molecule is Cc1ccc(C2=C[C@H]3c4ccccc4OC4(CCCC4)N3N2)cc1. The van der Waals surface area contributed by atoms with E-state index in [1.54, 1.807) is 0 Å². The van der Waals surface area contributed by atoms with Gasteiger partial charge < -0.3 is 10.2 Å². The topological polar surface area (TPSA) is 24.5 Å². The lowest BCUT2D eigenvalue weighted by Gasteiger charge is -2.46. The second kappa shape index (κ2) is 5.12. The molecule has 2 aliphatic heterocycles. The van der Waals surface area contributed by atoms with Gasteiger partial charge in [-0.1, -0.05) is 48.0 Å². The third-order valence-electron chi connectivity index (χ3n) is 5.57. The summed E-state index contributed by atoms with van der Waals surface area (Å²) in [5.74, 6) is 1.05. The van der Waals surface area contributed by atoms with E-state index in [1.807, 2.05) is 0 Å². The first-order valence-electron chi connectivity index (χ1n) is 8.88. The van der Waals surface area contributed by atoms with E-state index in [-0.39, 0.29) is 11.8 Å². The lowest BCUT2D eigenvalue weighted by atomic mass is 9.98. The molecule has 1 N–H and O–H groups in total. The Morgan fingerprint density at radius 1 is 1.04 bits per heavy atom. The predicted octanol–water partition coefficient (Wildman–Crippen LogP) is 4.56. The van der Waals surface area contributed by atoms with E-state index < -0.39 is 0 Å². The number of nitrogens with zero attached hydrogens (tertiary/aromatic N) is 1. The van der Waals surface area contributed by atoms with Crippen LogP contribution in [0.5, 0.6) is 5.75 Å². The van der Waals surface area contributed by atoms with Gasteiger partial charge in [-0.05, 0) is 37.5 Å². The van der Waals surface area contributed by atoms with Crippen molar-refractivity contribution >= 4 is 5.70 Å². The molecule has 2 aromatic carbocycles. The van der Waals surface area contributed by atoms with Crippen molar-refractivity contribution in [2.75, 3.05) is 0 Å². The minimum Gasteiger partial charge on any atom is -0.471 e. The summed E-state index contributed by atoms with van der Waals surface area (Å²) in [6, 6.07) is 17.5. The summed E-state index contributed by atoms with van der Waals surface area (Å²) < 4.78 is 6.53. The Hall–Kier alpha value is -2.26. The number of rotatable bonds is 1. The molecular weight excluding hydrogens is 296 g/mol. The molecule has 0 radical (unpaired) electrons. The molecule has 5 rings (SSSR count). The van der Waals surface area contributed by atoms with E-state index in [9.17, 15) is 0 Å². The largest absolute Gasteiger partial charge is 0.471 e. The molecule has 1 aliphatic carbocycles. The minimum absolute atomic E-state index is 0.206. The maximum Gasteiger partial charge on any atom is 0.180 e. The highest BCUT2D eigenvalue weighted by Crippen LogP contribution is 2.50. The lowest BCUT2D eigenvalue weighted by molar-refractivity contribution is -0.125. The van der Waals surface area contributed by atoms with Crippen molar-refractivity contribution in [3.8, 4) is 5.75 Å². The van der Waals surface area contributed by atoms with E-state index in [0.717, 1.165) is 18.6 Å². The van der Waals surface area contributed by atoms with Crippen LogP contribution in [0.15, 0.2) is 54.6 Å². The van der Waals surface area contributed by atoms with Crippen LogP contribution in [0.1, 0.15) is 48.4 Å². The zero-order valence-electron chi connectivity index (χ0n) is 14.0. The average molecular weight is 318 g/mol. The monoisotopic (exact) mass is 318 g/mol. The van der Waals surface area contributed by atoms with Crippen LogP contribution in [-0.2, 0) is 0 Å². The summed E-state index contributed by atoms with van der Waals surface area (Å²) >= 11 is 0. The summed E-state index contributed by atoms with van der Waals surface area (Å²) in [4.78, 5) is 0. The molecule has 0 bridgehead atoms. The Balaban J connectivity index is 1.59. The van der Waals surface area contributed by atoms with E-state index in [2.05, 4.69) is 72.0 Å². The molecule has 0 amide bonds. The summed E-state index contributed by atoms with van der Waals surface area (Å²) in [6.07, 6.45) is 6.98. The number of fused-ring (bicyclic) bond motifs is 4. The molecule has 0 unspecified atom stereocenters. The van der Waals surface area contributed by atoms with Crippen LogP contribution in [0.25, 0.3) is 5.70 Å². The Morgan fingerprint density at radius 3 is 2.58 bits per heavy atom. The van der Waals surface area contributed by atoms with Gasteiger partial charge in [0.1, 0.15) is 5.75 Å². The Kier molecular flexibility index (Phi) is 3.01. The van der Waals surface area contributed by atoms with E-state index in [1.165, 1.54) is 35.2 Å². The van der Waals surface area contributed by atoms with Crippen molar-refractivity contribution in [1.29, 1.82) is 0 Å². The molecule has 24 heavy (non-hydrogen) atoms. The fraction of sp³-hybridized carbons (Fsp3) is 0.333. The van der Waals surface area contributed by atoms with Gasteiger partial charge in [-0.15, -0.1) is 0 Å². The van der Waals surface area contributed by atoms with Crippen LogP contribution in [0.3, 0.4) is 0 Å². The van der Waals surface area contributed by atoms with Crippen LogP contribution in [0.2, 0.25) is 0 Å². The van der Waals surface area contributed by atoms with Gasteiger partial charge in [0.05, 0.1) is 11.7 Å². The summed E-state index contributed by atoms with van der Waals surface area (Å²) in [5, 5.41) is 2.36. The third-order valence-corrected chi connectivity index (χ3v) is 5.57. The summed E-state index contributed by atoms with van der Waals surface area (Å²) in [5.41, 5.74) is 8.43. The first-order chi connectivity index (χ1) is 11.8. The Bertz CT molecular complexity index is 803. The number of hydrogen-bond donors (Lipinski definition) is 1. The minimum atomic E-state index is -0.206. The lowest BCUT2D eigenvalue weighted by Crippen LogP contribution is -2.58. The molecule has 122 valence electrons. The molecule has 3 heteroatoms. The maximum atomic E-state index is 6.53. The van der Waals surface area contributed by atoms with Crippen molar-refractivity contribution in [3.63, 3.8) is 0 Å². The van der Waals surface area contributed by atoms with Crippen LogP contribution in [0.4, 0.5) is 0 Å². The molecule has 2 aromatic rings. The number of ether oxygens (including phenoxy) is 1. The van der Waals surface area contributed by atoms with Crippen LogP contribution in [-0.4, -0.2) is 10.7 Å². The van der Waals surface area contributed by atoms with Gasteiger partial charge in [-0.2, -0.15) is 5.01 Å². The van der Waals surface area contributed by atoms with Crippen molar-refractivity contribution < 1.29 is 4.74 Å². The second-order valence-corrected chi connectivity index (χ2v) is 7.17. The number of hydrogen-bond acceptors (Lipinski definition) is 3. The first kappa shape index (κ1) is 14.1. The van der Waals surface area contributed by atoms with Gasteiger partial charge >= 0.3 is 0 Å². The number of hydrazine groups is 1. The van der Waals surface area contributed by atoms with Gasteiger partial charge in [-0.3, -0.25) is 0 Å². The number of nitrogens with one attached hydrogen (secondary N) is 1. The molecule has 1 spiro atoms. The molecule has 0 aromatic heterocycles. The highest BCUT2D eigenvalue weighted by atomic mass is 16.5. The van der Waals surface area contributed by atoms with Crippen molar-refractivity contribution in [2.45, 2.75) is 44.4 Å². The van der Waals surface area contributed by atoms with Crippen molar-refractivity contribution in [2.24, 2.45) is 0 Å². The van der Waals surface area contributed by atoms with Gasteiger partial charge in [0.15, 0.2) is 5.72 Å². The fourth-order valence-electron chi connectivity index (χ4n) is 4.29. The maximum absolute atomic E-state index is 6.53.